The van der Waals surface area contributed by atoms with E-state index >= 15 is 0 Å². The molecule has 1 amide bonds. The van der Waals surface area contributed by atoms with E-state index in [0.29, 0.717) is 44.0 Å². The smallest absolute Gasteiger partial charge is 0.266 e. The normalized spacial score (nSPS) is 10.8. The SMILES string of the molecule is COc1ccc(-n2c(SCC(=O)Nc3cccc(Cl)c3C)nc3ccccc3c2=O)cc1OC. The minimum Gasteiger partial charge on any atom is -0.493 e. The Morgan fingerprint density at radius 2 is 1.82 bits per heavy atom. The van der Waals surface area contributed by atoms with E-state index in [1.165, 1.54) is 23.4 Å². The minimum atomic E-state index is -0.244. The molecule has 0 saturated carbocycles. The number of carbonyl (C=O) groups is 1. The van der Waals surface area contributed by atoms with E-state index in [1.54, 1.807) is 61.7 Å². The van der Waals surface area contributed by atoms with Crippen molar-refractivity contribution >= 4 is 45.9 Å². The molecule has 0 spiro atoms. The molecule has 34 heavy (non-hydrogen) atoms. The van der Waals surface area contributed by atoms with Gasteiger partial charge >= 0.3 is 0 Å². The van der Waals surface area contributed by atoms with Crippen molar-refractivity contribution in [1.29, 1.82) is 0 Å². The molecule has 0 fully saturated rings. The van der Waals surface area contributed by atoms with E-state index in [2.05, 4.69) is 10.3 Å². The number of carbonyl (C=O) groups excluding carboxylic acids is 1. The van der Waals surface area contributed by atoms with Crippen molar-refractivity contribution in [3.63, 3.8) is 0 Å². The summed E-state index contributed by atoms with van der Waals surface area (Å²) in [5.74, 6) is 0.824. The van der Waals surface area contributed by atoms with Crippen LogP contribution in [0.3, 0.4) is 0 Å². The molecule has 9 heteroatoms. The first-order chi connectivity index (χ1) is 16.4. The van der Waals surface area contributed by atoms with Crippen LogP contribution in [0.2, 0.25) is 5.02 Å². The maximum absolute atomic E-state index is 13.4. The first-order valence-corrected chi connectivity index (χ1v) is 11.7. The predicted octanol–water partition coefficient (Wildman–Crippen LogP) is 5.10. The van der Waals surface area contributed by atoms with Crippen molar-refractivity contribution in [2.75, 3.05) is 25.3 Å². The highest BCUT2D eigenvalue weighted by Gasteiger charge is 2.17. The van der Waals surface area contributed by atoms with Crippen LogP contribution in [-0.2, 0) is 4.79 Å². The van der Waals surface area contributed by atoms with Crippen molar-refractivity contribution in [2.24, 2.45) is 0 Å². The second-order valence-electron chi connectivity index (χ2n) is 7.34. The molecule has 0 aliphatic carbocycles. The third kappa shape index (κ3) is 4.73. The Labute approximate surface area is 205 Å². The average Bonchev–Trinajstić information content (AvgIpc) is 2.85. The highest BCUT2D eigenvalue weighted by Crippen LogP contribution is 2.31. The highest BCUT2D eigenvalue weighted by molar-refractivity contribution is 7.99. The number of halogens is 1. The molecule has 0 aliphatic rings. The lowest BCUT2D eigenvalue weighted by molar-refractivity contribution is -0.113. The third-order valence-corrected chi connectivity index (χ3v) is 6.59. The van der Waals surface area contributed by atoms with Crippen molar-refractivity contribution in [3.05, 3.63) is 81.6 Å². The molecule has 0 atom stereocenters. The number of hydrogen-bond acceptors (Lipinski definition) is 6. The van der Waals surface area contributed by atoms with Gasteiger partial charge in [0.05, 0.1) is 36.6 Å². The molecule has 0 radical (unpaired) electrons. The van der Waals surface area contributed by atoms with Crippen LogP contribution >= 0.6 is 23.4 Å². The topological polar surface area (TPSA) is 82.5 Å². The Morgan fingerprint density at radius 1 is 1.06 bits per heavy atom. The molecular formula is C25H22ClN3O4S. The average molecular weight is 496 g/mol. The molecule has 0 aliphatic heterocycles. The van der Waals surface area contributed by atoms with Gasteiger partial charge in [-0.15, -0.1) is 0 Å². The molecule has 0 bridgehead atoms. The lowest BCUT2D eigenvalue weighted by Gasteiger charge is -2.15. The molecule has 7 nitrogen and oxygen atoms in total. The summed E-state index contributed by atoms with van der Waals surface area (Å²) in [4.78, 5) is 30.8. The number of hydrogen-bond donors (Lipinski definition) is 1. The third-order valence-electron chi connectivity index (χ3n) is 5.24. The summed E-state index contributed by atoms with van der Waals surface area (Å²) in [6.45, 7) is 1.84. The monoisotopic (exact) mass is 495 g/mol. The van der Waals surface area contributed by atoms with Crippen LogP contribution in [0.1, 0.15) is 5.56 Å². The van der Waals surface area contributed by atoms with Crippen LogP contribution in [0.5, 0.6) is 11.5 Å². The van der Waals surface area contributed by atoms with Crippen molar-refractivity contribution < 1.29 is 14.3 Å². The van der Waals surface area contributed by atoms with Crippen molar-refractivity contribution in [2.45, 2.75) is 12.1 Å². The van der Waals surface area contributed by atoms with E-state index in [9.17, 15) is 9.59 Å². The number of rotatable bonds is 7. The van der Waals surface area contributed by atoms with Gasteiger partial charge < -0.3 is 14.8 Å². The molecular weight excluding hydrogens is 474 g/mol. The van der Waals surface area contributed by atoms with E-state index < -0.39 is 0 Å². The maximum atomic E-state index is 13.4. The van der Waals surface area contributed by atoms with Crippen LogP contribution in [0.15, 0.2) is 70.6 Å². The molecule has 174 valence electrons. The maximum Gasteiger partial charge on any atom is 0.266 e. The Morgan fingerprint density at radius 3 is 2.59 bits per heavy atom. The molecule has 1 N–H and O–H groups in total. The first-order valence-electron chi connectivity index (χ1n) is 10.3. The van der Waals surface area contributed by atoms with Gasteiger partial charge in [0, 0.05) is 16.8 Å². The summed E-state index contributed by atoms with van der Waals surface area (Å²) in [6, 6.07) is 17.6. The lowest BCUT2D eigenvalue weighted by atomic mass is 10.2. The van der Waals surface area contributed by atoms with Gasteiger partial charge in [-0.1, -0.05) is 41.6 Å². The Kier molecular flexibility index (Phi) is 7.09. The highest BCUT2D eigenvalue weighted by atomic mass is 35.5. The van der Waals surface area contributed by atoms with Crippen molar-refractivity contribution in [1.82, 2.24) is 9.55 Å². The van der Waals surface area contributed by atoms with Gasteiger partial charge in [-0.2, -0.15) is 0 Å². The number of aromatic nitrogens is 2. The second kappa shape index (κ2) is 10.2. The number of nitrogens with zero attached hydrogens (tertiary/aromatic N) is 2. The van der Waals surface area contributed by atoms with Gasteiger partial charge in [-0.05, 0) is 48.9 Å². The number of anilines is 1. The number of thioether (sulfide) groups is 1. The molecule has 1 aromatic heterocycles. The summed E-state index contributed by atoms with van der Waals surface area (Å²) >= 11 is 7.32. The van der Waals surface area contributed by atoms with Crippen LogP contribution in [0.25, 0.3) is 16.6 Å². The fraction of sp³-hybridized carbons (Fsp3) is 0.160. The van der Waals surface area contributed by atoms with E-state index in [1.807, 2.05) is 13.0 Å². The van der Waals surface area contributed by atoms with Crippen molar-refractivity contribution in [3.8, 4) is 17.2 Å². The summed E-state index contributed by atoms with van der Waals surface area (Å²) in [5, 5.41) is 4.30. The molecule has 3 aromatic carbocycles. The van der Waals surface area contributed by atoms with Gasteiger partial charge in [-0.3, -0.25) is 14.2 Å². The van der Waals surface area contributed by atoms with Gasteiger partial charge in [-0.25, -0.2) is 4.98 Å². The first kappa shape index (κ1) is 23.7. The Balaban J connectivity index is 1.71. The number of amides is 1. The molecule has 1 heterocycles. The number of para-hydroxylation sites is 1. The fourth-order valence-corrected chi connectivity index (χ4v) is 4.45. The standard InChI is InChI=1S/C25H22ClN3O4S/c1-15-18(26)8-6-10-19(15)27-23(30)14-34-25-28-20-9-5-4-7-17(20)24(31)29(25)16-11-12-21(32-2)22(13-16)33-3/h4-13H,14H2,1-3H3,(H,27,30). The Bertz CT molecular complexity index is 1440. The fourth-order valence-electron chi connectivity index (χ4n) is 3.46. The van der Waals surface area contributed by atoms with Gasteiger partial charge in [0.2, 0.25) is 5.91 Å². The molecule has 4 aromatic rings. The largest absolute Gasteiger partial charge is 0.493 e. The second-order valence-corrected chi connectivity index (χ2v) is 8.69. The van der Waals surface area contributed by atoms with Crippen LogP contribution in [-0.4, -0.2) is 35.4 Å². The van der Waals surface area contributed by atoms with E-state index in [0.717, 1.165) is 5.56 Å². The van der Waals surface area contributed by atoms with Gasteiger partial charge in [0.15, 0.2) is 16.7 Å². The number of methoxy groups -OCH3 is 2. The zero-order valence-electron chi connectivity index (χ0n) is 18.8. The quantitative estimate of drug-likeness (QED) is 0.284. The van der Waals surface area contributed by atoms with Crippen LogP contribution in [0, 0.1) is 6.92 Å². The summed E-state index contributed by atoms with van der Waals surface area (Å²) in [5.41, 5.74) is 2.29. The van der Waals surface area contributed by atoms with Crippen LogP contribution < -0.4 is 20.3 Å². The minimum absolute atomic E-state index is 0.0457. The molecule has 0 unspecified atom stereocenters. The van der Waals surface area contributed by atoms with Crippen LogP contribution in [0.4, 0.5) is 5.69 Å². The number of benzene rings is 3. The van der Waals surface area contributed by atoms with E-state index in [-0.39, 0.29) is 17.2 Å². The lowest BCUT2D eigenvalue weighted by Crippen LogP contribution is -2.23. The van der Waals surface area contributed by atoms with Gasteiger partial charge in [0.25, 0.3) is 5.56 Å². The summed E-state index contributed by atoms with van der Waals surface area (Å²) < 4.78 is 12.2. The summed E-state index contributed by atoms with van der Waals surface area (Å²) in [7, 11) is 3.07. The summed E-state index contributed by atoms with van der Waals surface area (Å²) in [6.07, 6.45) is 0. The van der Waals surface area contributed by atoms with Gasteiger partial charge in [0.1, 0.15) is 0 Å². The van der Waals surface area contributed by atoms with E-state index in [4.69, 9.17) is 21.1 Å². The molecule has 0 saturated heterocycles. The number of ether oxygens (including phenoxy) is 2. The Hall–Kier alpha value is -3.49. The number of nitrogens with one attached hydrogen (secondary N) is 1. The number of fused-ring (bicyclic) bond motifs is 1. The zero-order chi connectivity index (χ0) is 24.2. The predicted molar refractivity (Wildman–Crippen MR) is 136 cm³/mol. The molecule has 4 rings (SSSR count). The zero-order valence-corrected chi connectivity index (χ0v) is 20.4.